The highest BCUT2D eigenvalue weighted by atomic mass is 127. The molecule has 0 aliphatic carbocycles. The maximum Gasteiger partial charge on any atom is 0.338 e. The van der Waals surface area contributed by atoms with Crippen molar-refractivity contribution in [2.45, 2.75) is 78.4 Å². The first-order chi connectivity index (χ1) is 71.3. The average molecular weight is 2550 g/mol. The molecule has 4 unspecified atom stereocenters. The van der Waals surface area contributed by atoms with E-state index in [0.29, 0.717) is 42.4 Å². The van der Waals surface area contributed by atoms with Crippen LogP contribution in [0.3, 0.4) is 0 Å². The molecule has 29 nitrogen and oxygen atoms in total. The summed E-state index contributed by atoms with van der Waals surface area (Å²) in [4.78, 5) is 75.4. The van der Waals surface area contributed by atoms with Crippen LogP contribution in [0.5, 0.6) is 0 Å². The lowest BCUT2D eigenvalue weighted by molar-refractivity contribution is -0.140. The molecule has 4 atom stereocenters. The molecule has 0 saturated carbocycles. The molecule has 41 heteroatoms. The smallest absolute Gasteiger partial charge is 0.338 e. The number of ether oxygens (including phenoxy) is 8. The number of aromatic nitrogens is 4. The maximum atomic E-state index is 13.2. The summed E-state index contributed by atoms with van der Waals surface area (Å²) in [6, 6.07) is 76.7. The standard InChI is InChI=1S/4C26H19IN4O3S2.C2H6O/c4*1-2-33-26(32)23-20(34-24(30)17(13-29)22(23)16-6-3-4-7-18(16)27)14-36-25-15(12-28)9-10-19(31-25)21-8-5-11-35-21;1-2-3/h4*3-11,22H,2,14,30H2,1H3;3H,2H2,1H3. The van der Waals surface area contributed by atoms with Crippen molar-refractivity contribution < 1.29 is 62.2 Å². The predicted octanol–water partition coefficient (Wildman–Crippen LogP) is 22.8. The van der Waals surface area contributed by atoms with Crippen LogP contribution in [-0.2, 0) is 57.1 Å². The average Bonchev–Trinajstić information content (AvgIpc) is 0.960. The SMILES string of the molecule is CCO.CCOC(=O)C1=C(CSc2nc(-c3cccs3)ccc2C#N)OC(N)=C(C#N)C1c1ccccc1I.CCOC(=O)C1=C(CSc2nc(-c3cccs3)ccc2C#N)OC(N)=C(C#N)C1c1ccccc1I.CCOC(=O)C1=C(CSc2nc(-c3cccs3)ccc2C#N)OC(N)=C(C#N)C1c1ccccc1I.CCOC(=O)C1=C(CSc2nc(-c3cccs3)ccc2C#N)OC(N)=C(C#N)C1c1ccccc1I. The third-order valence-electron chi connectivity index (χ3n) is 21.2. The van der Waals surface area contributed by atoms with E-state index in [-0.39, 0.29) is 147 Å². The summed E-state index contributed by atoms with van der Waals surface area (Å²) in [7, 11) is 0. The van der Waals surface area contributed by atoms with Crippen molar-refractivity contribution in [1.29, 1.82) is 42.1 Å². The lowest BCUT2D eigenvalue weighted by Crippen LogP contribution is -2.27. The van der Waals surface area contributed by atoms with Crippen molar-refractivity contribution in [3.8, 4) is 90.8 Å². The summed E-state index contributed by atoms with van der Waals surface area (Å²) in [5.41, 5.74) is 33.8. The number of allylic oxidation sites excluding steroid dienone is 4. The van der Waals surface area contributed by atoms with Crippen molar-refractivity contribution in [3.63, 3.8) is 0 Å². The lowest BCUT2D eigenvalue weighted by atomic mass is 9.83. The fourth-order valence-electron chi connectivity index (χ4n) is 14.8. The van der Waals surface area contributed by atoms with Crippen molar-refractivity contribution >= 4 is 207 Å². The highest BCUT2D eigenvalue weighted by Gasteiger charge is 2.44. The molecule has 0 amide bonds. The molecule has 12 heterocycles. The van der Waals surface area contributed by atoms with Gasteiger partial charge in [0, 0.05) is 20.9 Å². The fraction of sp³-hybridized carbons (Fsp3) is 0.170. The Bertz CT molecular complexity index is 6720. The number of halogens is 4. The van der Waals surface area contributed by atoms with Crippen molar-refractivity contribution in [2.24, 2.45) is 22.9 Å². The molecule has 4 aliphatic heterocycles. The first-order valence-corrected chi connectivity index (χ1v) is 55.9. The van der Waals surface area contributed by atoms with Gasteiger partial charge in [-0.1, -0.05) is 144 Å². The Labute approximate surface area is 934 Å². The number of thioether (sulfide) groups is 4. The summed E-state index contributed by atoms with van der Waals surface area (Å²) in [6.45, 7) is 9.42. The number of benzene rings is 4. The van der Waals surface area contributed by atoms with Crippen molar-refractivity contribution in [3.05, 3.63) is 366 Å². The van der Waals surface area contributed by atoms with Crippen LogP contribution in [-0.4, -0.2) is 105 Å². The second kappa shape index (κ2) is 55.5. The first kappa shape index (κ1) is 112. The van der Waals surface area contributed by atoms with Crippen LogP contribution < -0.4 is 22.9 Å². The topological polar surface area (TPSA) is 508 Å². The van der Waals surface area contributed by atoms with E-state index in [1.807, 2.05) is 191 Å². The van der Waals surface area contributed by atoms with Crippen molar-refractivity contribution in [2.75, 3.05) is 56.0 Å². The minimum atomic E-state index is -0.743. The molecule has 0 radical (unpaired) electrons. The number of nitrogens with zero attached hydrogens (tertiary/aromatic N) is 12. The van der Waals surface area contributed by atoms with Crippen LogP contribution in [0.25, 0.3) is 42.3 Å². The van der Waals surface area contributed by atoms with Gasteiger partial charge in [0.05, 0.1) is 160 Å². The van der Waals surface area contributed by atoms with Gasteiger partial charge < -0.3 is 65.9 Å². The zero-order valence-electron chi connectivity index (χ0n) is 78.3. The molecule has 0 bridgehead atoms. The number of hydrogen-bond donors (Lipinski definition) is 5. The number of pyridine rings is 4. The number of nitriles is 8. The van der Waals surface area contributed by atoms with Gasteiger partial charge >= 0.3 is 23.9 Å². The molecule has 4 aromatic carbocycles. The molecule has 16 rings (SSSR count). The van der Waals surface area contributed by atoms with E-state index in [4.69, 9.17) is 65.9 Å². The summed E-state index contributed by atoms with van der Waals surface area (Å²) in [5.74, 6) is -3.86. The molecule has 9 N–H and O–H groups in total. The third-order valence-corrected chi connectivity index (χ3v) is 32.7. The number of rotatable bonds is 28. The second-order valence-electron chi connectivity index (χ2n) is 30.0. The van der Waals surface area contributed by atoms with Crippen LogP contribution >= 0.6 is 183 Å². The van der Waals surface area contributed by atoms with Gasteiger partial charge in [0.15, 0.2) is 0 Å². The third kappa shape index (κ3) is 27.6. The Morgan fingerprint density at radius 3 is 0.680 bits per heavy atom. The van der Waals surface area contributed by atoms with Crippen LogP contribution in [0, 0.1) is 105 Å². The van der Waals surface area contributed by atoms with Crippen LogP contribution in [0.1, 0.15) is 103 Å². The Kier molecular flexibility index (Phi) is 42.4. The van der Waals surface area contributed by atoms with Gasteiger partial charge in [0.2, 0.25) is 23.5 Å². The number of carbonyl (C=O) groups excluding carboxylic acids is 4. The van der Waals surface area contributed by atoms with E-state index >= 15 is 0 Å². The number of nitrogens with two attached hydrogens (primary N) is 4. The zero-order chi connectivity index (χ0) is 105. The van der Waals surface area contributed by atoms with Crippen LogP contribution in [0.2, 0.25) is 0 Å². The number of hydrogen-bond acceptors (Lipinski definition) is 37. The van der Waals surface area contributed by atoms with Gasteiger partial charge in [0.1, 0.15) is 114 Å². The highest BCUT2D eigenvalue weighted by Crippen LogP contribution is 2.49. The molecule has 0 fully saturated rings. The molecular weight excluding hydrogens is 2470 g/mol. The lowest BCUT2D eigenvalue weighted by Gasteiger charge is -2.28. The molecule has 0 spiro atoms. The quantitative estimate of drug-likeness (QED) is 0.0132. The molecule has 8 aromatic heterocycles. The van der Waals surface area contributed by atoms with Crippen molar-refractivity contribution in [1.82, 2.24) is 19.9 Å². The van der Waals surface area contributed by atoms with Gasteiger partial charge in [-0.15, -0.1) is 45.3 Å². The molecule has 740 valence electrons. The summed E-state index contributed by atoms with van der Waals surface area (Å²) < 4.78 is 48.3. The Morgan fingerprint density at radius 1 is 0.320 bits per heavy atom. The van der Waals surface area contributed by atoms with E-state index in [9.17, 15) is 61.3 Å². The molecular formula is C106H82I4N16O13S8. The predicted molar refractivity (Wildman–Crippen MR) is 599 cm³/mol. The summed E-state index contributed by atoms with van der Waals surface area (Å²) in [5, 5.41) is 95.6. The number of aliphatic hydroxyl groups is 1. The molecule has 4 aliphatic rings. The van der Waals surface area contributed by atoms with E-state index in [0.717, 1.165) is 78.8 Å². The number of thiophene rings is 4. The van der Waals surface area contributed by atoms with Gasteiger partial charge in [-0.3, -0.25) is 0 Å². The number of esters is 4. The van der Waals surface area contributed by atoms with Gasteiger partial charge in [-0.25, -0.2) is 39.1 Å². The van der Waals surface area contributed by atoms with Gasteiger partial charge in [0.25, 0.3) is 0 Å². The number of aliphatic hydroxyl groups excluding tert-OH is 1. The molecule has 0 saturated heterocycles. The van der Waals surface area contributed by atoms with Gasteiger partial charge in [-0.05, 0) is 266 Å². The zero-order valence-corrected chi connectivity index (χ0v) is 93.4. The van der Waals surface area contributed by atoms with E-state index in [1.54, 1.807) is 104 Å². The Morgan fingerprint density at radius 2 is 0.517 bits per heavy atom. The normalized spacial score (nSPS) is 15.0. The van der Waals surface area contributed by atoms with E-state index in [1.165, 1.54) is 47.0 Å². The second-order valence-corrected chi connectivity index (χ2v) is 42.3. The van der Waals surface area contributed by atoms with E-state index < -0.39 is 47.5 Å². The maximum absolute atomic E-state index is 13.2. The minimum Gasteiger partial charge on any atom is -0.463 e. The monoisotopic (exact) mass is 2550 g/mol. The van der Waals surface area contributed by atoms with Gasteiger partial charge in [-0.2, -0.15) is 42.1 Å². The summed E-state index contributed by atoms with van der Waals surface area (Å²) >= 11 is 19.9. The van der Waals surface area contributed by atoms with Crippen LogP contribution in [0.15, 0.2) is 327 Å². The first-order valence-electron chi connectivity index (χ1n) is 44.1. The largest absolute Gasteiger partial charge is 0.463 e. The fourth-order valence-corrected chi connectivity index (χ4v) is 24.1. The molecule has 147 heavy (non-hydrogen) atoms. The number of carbonyl (C=O) groups is 4. The molecule has 12 aromatic rings. The Hall–Kier alpha value is -13.3. The summed E-state index contributed by atoms with van der Waals surface area (Å²) in [6.07, 6.45) is 0. The minimum absolute atomic E-state index is 0.0633. The Balaban J connectivity index is 0.000000172. The van der Waals surface area contributed by atoms with E-state index in [2.05, 4.69) is 159 Å². The highest BCUT2D eigenvalue weighted by molar-refractivity contribution is 14.1. The van der Waals surface area contributed by atoms with Crippen LogP contribution in [0.4, 0.5) is 0 Å².